The summed E-state index contributed by atoms with van der Waals surface area (Å²) in [4.78, 5) is 3.70. The molecular formula is C23H30N2. The second-order valence-corrected chi connectivity index (χ2v) is 6.62. The molecule has 0 fully saturated rings. The molecule has 0 saturated carbocycles. The van der Waals surface area contributed by atoms with E-state index in [0.29, 0.717) is 6.04 Å². The maximum Gasteiger partial charge on any atom is 0.0498 e. The number of aromatic nitrogens is 1. The molecule has 2 aromatic carbocycles. The Kier molecular flexibility index (Phi) is 5.60. The van der Waals surface area contributed by atoms with Gasteiger partial charge in [0.2, 0.25) is 0 Å². The summed E-state index contributed by atoms with van der Waals surface area (Å²) in [5.41, 5.74) is 8.22. The summed E-state index contributed by atoms with van der Waals surface area (Å²) < 4.78 is 0. The summed E-state index contributed by atoms with van der Waals surface area (Å²) in [6, 6.07) is 16.1. The molecule has 0 radical (unpaired) electrons. The summed E-state index contributed by atoms with van der Waals surface area (Å²) in [5, 5.41) is 5.07. The zero-order valence-electron chi connectivity index (χ0n) is 15.9. The molecule has 1 aliphatic heterocycles. The summed E-state index contributed by atoms with van der Waals surface area (Å²) in [7, 11) is 0. The van der Waals surface area contributed by atoms with Gasteiger partial charge in [0.15, 0.2) is 0 Å². The average Bonchev–Trinajstić information content (AvgIpc) is 2.93. The molecule has 2 heterocycles. The Morgan fingerprint density at radius 1 is 1.08 bits per heavy atom. The summed E-state index contributed by atoms with van der Waals surface area (Å²) in [6.07, 6.45) is 3.41. The standard InChI is InChI=1S/C21H24N2.C2H6/c1-3-6-15-7-4-8-16(13-15)21-18-11-12-22-14(2)17-9-5-10-19(23-21)20(17)18;1-2/h4-5,7-10,13-14,22-23H,3,6,11-12H2,1-2H3;1-2H3. The van der Waals surface area contributed by atoms with Crippen molar-refractivity contribution < 1.29 is 0 Å². The fourth-order valence-electron chi connectivity index (χ4n) is 3.90. The first kappa shape index (κ1) is 17.8. The third-order valence-electron chi connectivity index (χ3n) is 5.01. The predicted molar refractivity (Wildman–Crippen MR) is 109 cm³/mol. The summed E-state index contributed by atoms with van der Waals surface area (Å²) in [5.74, 6) is 0. The molecule has 0 saturated heterocycles. The molecule has 2 heteroatoms. The van der Waals surface area contributed by atoms with Crippen LogP contribution in [0.3, 0.4) is 0 Å². The van der Waals surface area contributed by atoms with E-state index in [-0.39, 0.29) is 0 Å². The van der Waals surface area contributed by atoms with Crippen molar-refractivity contribution in [2.75, 3.05) is 6.54 Å². The lowest BCUT2D eigenvalue weighted by molar-refractivity contribution is 0.589. The Labute approximate surface area is 151 Å². The number of aryl methyl sites for hydroxylation is 1. The third-order valence-corrected chi connectivity index (χ3v) is 5.01. The van der Waals surface area contributed by atoms with Crippen LogP contribution in [0.5, 0.6) is 0 Å². The maximum atomic E-state index is 3.70. The van der Waals surface area contributed by atoms with Crippen molar-refractivity contribution in [3.8, 4) is 11.3 Å². The highest BCUT2D eigenvalue weighted by atomic mass is 14.9. The fraction of sp³-hybridized carbons (Fsp3) is 0.391. The van der Waals surface area contributed by atoms with Gasteiger partial charge in [0.25, 0.3) is 0 Å². The van der Waals surface area contributed by atoms with Crippen LogP contribution in [-0.2, 0) is 12.8 Å². The number of hydrogen-bond acceptors (Lipinski definition) is 1. The van der Waals surface area contributed by atoms with Crippen LogP contribution >= 0.6 is 0 Å². The first-order valence-electron chi connectivity index (χ1n) is 9.74. The molecule has 0 spiro atoms. The highest BCUT2D eigenvalue weighted by molar-refractivity contribution is 5.94. The van der Waals surface area contributed by atoms with Gasteiger partial charge in [0.1, 0.15) is 0 Å². The van der Waals surface area contributed by atoms with Crippen LogP contribution in [0.25, 0.3) is 22.2 Å². The minimum atomic E-state index is 0.412. The lowest BCUT2D eigenvalue weighted by Crippen LogP contribution is -2.19. The first-order valence-corrected chi connectivity index (χ1v) is 9.74. The van der Waals surface area contributed by atoms with E-state index in [2.05, 4.69) is 66.6 Å². The van der Waals surface area contributed by atoms with Gasteiger partial charge >= 0.3 is 0 Å². The van der Waals surface area contributed by atoms with Crippen LogP contribution in [0, 0.1) is 0 Å². The molecular weight excluding hydrogens is 304 g/mol. The van der Waals surface area contributed by atoms with Crippen molar-refractivity contribution in [2.24, 2.45) is 0 Å². The molecule has 1 aliphatic rings. The molecule has 1 unspecified atom stereocenters. The van der Waals surface area contributed by atoms with Gasteiger partial charge in [0, 0.05) is 22.6 Å². The van der Waals surface area contributed by atoms with Crippen LogP contribution in [0.4, 0.5) is 0 Å². The van der Waals surface area contributed by atoms with Gasteiger partial charge in [-0.2, -0.15) is 0 Å². The van der Waals surface area contributed by atoms with Crippen LogP contribution in [-0.4, -0.2) is 11.5 Å². The van der Waals surface area contributed by atoms with Crippen molar-refractivity contribution in [1.82, 2.24) is 10.3 Å². The van der Waals surface area contributed by atoms with E-state index in [9.17, 15) is 0 Å². The fourth-order valence-corrected chi connectivity index (χ4v) is 3.90. The van der Waals surface area contributed by atoms with Crippen molar-refractivity contribution in [3.05, 3.63) is 59.2 Å². The SMILES string of the molecule is CC.CCCc1cccc(-c2[nH]c3cccc4c3c2CCNC4C)c1. The predicted octanol–water partition coefficient (Wildman–Crippen LogP) is 6.02. The molecule has 0 amide bonds. The zero-order chi connectivity index (χ0) is 17.8. The maximum absolute atomic E-state index is 3.70. The second-order valence-electron chi connectivity index (χ2n) is 6.62. The molecule has 3 aromatic rings. The van der Waals surface area contributed by atoms with Crippen molar-refractivity contribution >= 4 is 10.9 Å². The summed E-state index contributed by atoms with van der Waals surface area (Å²) >= 11 is 0. The summed E-state index contributed by atoms with van der Waals surface area (Å²) in [6.45, 7) is 9.53. The molecule has 0 aliphatic carbocycles. The molecule has 25 heavy (non-hydrogen) atoms. The smallest absolute Gasteiger partial charge is 0.0498 e. The molecule has 2 nitrogen and oxygen atoms in total. The van der Waals surface area contributed by atoms with Gasteiger partial charge in [-0.05, 0) is 60.7 Å². The van der Waals surface area contributed by atoms with Gasteiger partial charge < -0.3 is 10.3 Å². The van der Waals surface area contributed by atoms with Gasteiger partial charge in [-0.3, -0.25) is 0 Å². The van der Waals surface area contributed by atoms with Crippen LogP contribution in [0.1, 0.15) is 56.8 Å². The molecule has 0 bridgehead atoms. The molecule has 1 atom stereocenters. The number of rotatable bonds is 3. The number of aromatic amines is 1. The van der Waals surface area contributed by atoms with Gasteiger partial charge in [-0.25, -0.2) is 0 Å². The number of hydrogen-bond donors (Lipinski definition) is 2. The second kappa shape index (κ2) is 7.88. The van der Waals surface area contributed by atoms with Crippen LogP contribution in [0.2, 0.25) is 0 Å². The quantitative estimate of drug-likeness (QED) is 0.602. The molecule has 2 N–H and O–H groups in total. The van der Waals surface area contributed by atoms with Gasteiger partial charge in [0.05, 0.1) is 0 Å². The Hall–Kier alpha value is -2.06. The third kappa shape index (κ3) is 3.36. The number of benzene rings is 2. The average molecular weight is 335 g/mol. The van der Waals surface area contributed by atoms with E-state index in [1.165, 1.54) is 45.3 Å². The Balaban J connectivity index is 0.000000880. The Morgan fingerprint density at radius 3 is 2.68 bits per heavy atom. The zero-order valence-corrected chi connectivity index (χ0v) is 15.9. The normalized spacial score (nSPS) is 16.2. The largest absolute Gasteiger partial charge is 0.354 e. The molecule has 132 valence electrons. The Bertz CT molecular complexity index is 844. The van der Waals surface area contributed by atoms with E-state index in [0.717, 1.165) is 19.4 Å². The number of H-pyrrole nitrogens is 1. The lowest BCUT2D eigenvalue weighted by atomic mass is 9.97. The lowest BCUT2D eigenvalue weighted by Gasteiger charge is -2.11. The first-order chi connectivity index (χ1) is 12.3. The van der Waals surface area contributed by atoms with Crippen LogP contribution < -0.4 is 5.32 Å². The van der Waals surface area contributed by atoms with E-state index < -0.39 is 0 Å². The topological polar surface area (TPSA) is 27.8 Å². The Morgan fingerprint density at radius 2 is 1.88 bits per heavy atom. The van der Waals surface area contributed by atoms with Gasteiger partial charge in [-0.15, -0.1) is 0 Å². The minimum absolute atomic E-state index is 0.412. The number of nitrogens with one attached hydrogen (secondary N) is 2. The van der Waals surface area contributed by atoms with E-state index in [1.807, 2.05) is 13.8 Å². The monoisotopic (exact) mass is 334 g/mol. The van der Waals surface area contributed by atoms with E-state index in [1.54, 1.807) is 0 Å². The van der Waals surface area contributed by atoms with Crippen molar-refractivity contribution in [3.63, 3.8) is 0 Å². The molecule has 4 rings (SSSR count). The minimum Gasteiger partial charge on any atom is -0.354 e. The van der Waals surface area contributed by atoms with E-state index in [4.69, 9.17) is 0 Å². The van der Waals surface area contributed by atoms with Crippen molar-refractivity contribution in [2.45, 2.75) is 53.0 Å². The molecule has 1 aromatic heterocycles. The highest BCUT2D eigenvalue weighted by Crippen LogP contribution is 2.36. The highest BCUT2D eigenvalue weighted by Gasteiger charge is 2.21. The van der Waals surface area contributed by atoms with Crippen LogP contribution in [0.15, 0.2) is 42.5 Å². The van der Waals surface area contributed by atoms with Gasteiger partial charge in [-0.1, -0.05) is 57.5 Å². The van der Waals surface area contributed by atoms with E-state index >= 15 is 0 Å². The van der Waals surface area contributed by atoms with Crippen molar-refractivity contribution in [1.29, 1.82) is 0 Å².